The molecule has 5 nitrogen and oxygen atoms in total. The van der Waals surface area contributed by atoms with Gasteiger partial charge in [0, 0.05) is 41.1 Å². The number of amides is 1. The highest BCUT2D eigenvalue weighted by Crippen LogP contribution is 2.37. The van der Waals surface area contributed by atoms with Crippen LogP contribution in [0, 0.1) is 5.41 Å². The van der Waals surface area contributed by atoms with Crippen LogP contribution in [0.5, 0.6) is 0 Å². The quantitative estimate of drug-likeness (QED) is 0.565. The second kappa shape index (κ2) is 7.45. The second-order valence-corrected chi connectivity index (χ2v) is 9.76. The van der Waals surface area contributed by atoms with Gasteiger partial charge in [0.15, 0.2) is 5.78 Å². The van der Waals surface area contributed by atoms with E-state index in [0.717, 1.165) is 17.7 Å². The minimum absolute atomic E-state index is 0.0464. The zero-order chi connectivity index (χ0) is 22.6. The Hall–Kier alpha value is -3.18. The lowest BCUT2D eigenvalue weighted by Crippen LogP contribution is -2.40. The Morgan fingerprint density at radius 3 is 2.47 bits per heavy atom. The number of hydrogen-bond donors (Lipinski definition) is 0. The molecule has 1 aliphatic heterocycles. The number of benzene rings is 2. The van der Waals surface area contributed by atoms with E-state index in [1.807, 2.05) is 38.1 Å². The highest BCUT2D eigenvalue weighted by Gasteiger charge is 2.38. The molecule has 2 aromatic carbocycles. The van der Waals surface area contributed by atoms with Crippen molar-refractivity contribution in [2.45, 2.75) is 33.1 Å². The van der Waals surface area contributed by atoms with Crippen LogP contribution in [0.2, 0.25) is 5.02 Å². The SMILES string of the molecule is CC1(C)CC(=O)c2cn(-c3ccc(Cl)cc3)c(=O)c(C(=O)N3CCc4ccccc43)c2C1. The van der Waals surface area contributed by atoms with Crippen molar-refractivity contribution >= 4 is 29.0 Å². The van der Waals surface area contributed by atoms with Crippen molar-refractivity contribution in [1.29, 1.82) is 0 Å². The first-order chi connectivity index (χ1) is 15.2. The standard InChI is InChI=1S/C26H23ClN2O3/c1-26(2)13-19-20(22(30)14-26)15-29(18-9-7-17(27)8-10-18)25(32)23(19)24(31)28-12-11-16-5-3-4-6-21(16)28/h3-10,15H,11-14H2,1-2H3. The molecular weight excluding hydrogens is 424 g/mol. The third kappa shape index (κ3) is 3.37. The molecule has 1 aromatic heterocycles. The van der Waals surface area contributed by atoms with Gasteiger partial charge in [-0.05, 0) is 59.7 Å². The summed E-state index contributed by atoms with van der Waals surface area (Å²) in [5.74, 6) is -0.389. The average Bonchev–Trinajstić information content (AvgIpc) is 3.17. The fourth-order valence-electron chi connectivity index (χ4n) is 4.84. The van der Waals surface area contributed by atoms with Gasteiger partial charge in [-0.2, -0.15) is 0 Å². The predicted octanol–water partition coefficient (Wildman–Crippen LogP) is 4.85. The fourth-order valence-corrected chi connectivity index (χ4v) is 4.97. The van der Waals surface area contributed by atoms with E-state index in [1.54, 1.807) is 35.4 Å². The van der Waals surface area contributed by atoms with Crippen molar-refractivity contribution in [1.82, 2.24) is 4.57 Å². The van der Waals surface area contributed by atoms with E-state index >= 15 is 0 Å². The van der Waals surface area contributed by atoms with Crippen molar-refractivity contribution in [2.24, 2.45) is 5.41 Å². The molecule has 6 heteroatoms. The highest BCUT2D eigenvalue weighted by molar-refractivity contribution is 6.30. The van der Waals surface area contributed by atoms with Gasteiger partial charge in [0.05, 0.1) is 0 Å². The van der Waals surface area contributed by atoms with Crippen LogP contribution in [0.3, 0.4) is 0 Å². The zero-order valence-corrected chi connectivity index (χ0v) is 18.8. The summed E-state index contributed by atoms with van der Waals surface area (Å²) in [4.78, 5) is 42.3. The summed E-state index contributed by atoms with van der Waals surface area (Å²) >= 11 is 6.02. The molecule has 0 bridgehead atoms. The van der Waals surface area contributed by atoms with Crippen molar-refractivity contribution in [3.63, 3.8) is 0 Å². The van der Waals surface area contributed by atoms with Crippen LogP contribution < -0.4 is 10.5 Å². The molecular formula is C26H23ClN2O3. The summed E-state index contributed by atoms with van der Waals surface area (Å²) < 4.78 is 1.40. The molecule has 162 valence electrons. The Morgan fingerprint density at radius 1 is 1.00 bits per heavy atom. The van der Waals surface area contributed by atoms with Crippen LogP contribution in [0.4, 0.5) is 5.69 Å². The van der Waals surface area contributed by atoms with Gasteiger partial charge >= 0.3 is 0 Å². The third-order valence-corrected chi connectivity index (χ3v) is 6.62. The molecule has 2 aliphatic rings. The van der Waals surface area contributed by atoms with Gasteiger partial charge in [0.2, 0.25) is 0 Å². The molecule has 1 amide bonds. The van der Waals surface area contributed by atoms with Gasteiger partial charge in [0.1, 0.15) is 5.56 Å². The summed E-state index contributed by atoms with van der Waals surface area (Å²) in [5.41, 5.74) is 2.86. The molecule has 0 N–H and O–H groups in total. The molecule has 0 fully saturated rings. The number of halogens is 1. The number of pyridine rings is 1. The van der Waals surface area contributed by atoms with Gasteiger partial charge < -0.3 is 4.90 Å². The Balaban J connectivity index is 1.74. The van der Waals surface area contributed by atoms with Crippen molar-refractivity contribution < 1.29 is 9.59 Å². The van der Waals surface area contributed by atoms with Crippen LogP contribution in [0.25, 0.3) is 5.69 Å². The van der Waals surface area contributed by atoms with E-state index in [2.05, 4.69) is 0 Å². The molecule has 32 heavy (non-hydrogen) atoms. The number of nitrogens with zero attached hydrogens (tertiary/aromatic N) is 2. The first kappa shape index (κ1) is 20.7. The largest absolute Gasteiger partial charge is 0.308 e. The van der Waals surface area contributed by atoms with Crippen LogP contribution in [0.1, 0.15) is 52.1 Å². The van der Waals surface area contributed by atoms with E-state index in [1.165, 1.54) is 4.57 Å². The lowest BCUT2D eigenvalue weighted by atomic mass is 9.73. The molecule has 0 saturated heterocycles. The van der Waals surface area contributed by atoms with Crippen molar-refractivity contribution in [3.8, 4) is 5.69 Å². The Bertz CT molecular complexity index is 1320. The zero-order valence-electron chi connectivity index (χ0n) is 18.0. The van der Waals surface area contributed by atoms with E-state index in [0.29, 0.717) is 41.2 Å². The van der Waals surface area contributed by atoms with Crippen molar-refractivity contribution in [2.75, 3.05) is 11.4 Å². The lowest BCUT2D eigenvalue weighted by Gasteiger charge is -2.32. The van der Waals surface area contributed by atoms with Crippen LogP contribution in [-0.4, -0.2) is 22.8 Å². The van der Waals surface area contributed by atoms with Crippen molar-refractivity contribution in [3.05, 3.63) is 92.4 Å². The van der Waals surface area contributed by atoms with Crippen LogP contribution in [0.15, 0.2) is 59.5 Å². The first-order valence-corrected chi connectivity index (χ1v) is 11.1. The molecule has 0 saturated carbocycles. The molecule has 0 radical (unpaired) electrons. The maximum atomic E-state index is 13.8. The monoisotopic (exact) mass is 446 g/mol. The van der Waals surface area contributed by atoms with Gasteiger partial charge in [-0.25, -0.2) is 0 Å². The minimum Gasteiger partial charge on any atom is -0.308 e. The Labute approximate surface area is 191 Å². The molecule has 0 spiro atoms. The molecule has 2 heterocycles. The van der Waals surface area contributed by atoms with Crippen LogP contribution in [-0.2, 0) is 12.8 Å². The number of fused-ring (bicyclic) bond motifs is 2. The Kier molecular flexibility index (Phi) is 4.82. The first-order valence-electron chi connectivity index (χ1n) is 10.7. The van der Waals surface area contributed by atoms with Gasteiger partial charge in [0.25, 0.3) is 11.5 Å². The molecule has 3 aromatic rings. The van der Waals surface area contributed by atoms with E-state index in [4.69, 9.17) is 11.6 Å². The maximum absolute atomic E-state index is 13.8. The number of hydrogen-bond acceptors (Lipinski definition) is 3. The second-order valence-electron chi connectivity index (χ2n) is 9.32. The van der Waals surface area contributed by atoms with Crippen LogP contribution >= 0.6 is 11.6 Å². The highest BCUT2D eigenvalue weighted by atomic mass is 35.5. The van der Waals surface area contributed by atoms with Gasteiger partial charge in [-0.1, -0.05) is 43.6 Å². The topological polar surface area (TPSA) is 59.4 Å². The Morgan fingerprint density at radius 2 is 1.72 bits per heavy atom. The van der Waals surface area contributed by atoms with Gasteiger partial charge in [-0.15, -0.1) is 0 Å². The maximum Gasteiger partial charge on any atom is 0.268 e. The number of ketones is 1. The summed E-state index contributed by atoms with van der Waals surface area (Å²) in [6.07, 6.45) is 3.21. The summed E-state index contributed by atoms with van der Waals surface area (Å²) in [5, 5.41) is 0.544. The molecule has 5 rings (SSSR count). The smallest absolute Gasteiger partial charge is 0.268 e. The van der Waals surface area contributed by atoms with E-state index < -0.39 is 5.56 Å². The number of carbonyl (C=O) groups is 2. The summed E-state index contributed by atoms with van der Waals surface area (Å²) in [7, 11) is 0. The number of para-hydroxylation sites is 1. The fraction of sp³-hybridized carbons (Fsp3) is 0.269. The molecule has 1 aliphatic carbocycles. The number of rotatable bonds is 2. The van der Waals surface area contributed by atoms with E-state index in [-0.39, 0.29) is 22.7 Å². The van der Waals surface area contributed by atoms with Gasteiger partial charge in [-0.3, -0.25) is 19.0 Å². The number of carbonyl (C=O) groups excluding carboxylic acids is 2. The van der Waals surface area contributed by atoms with E-state index in [9.17, 15) is 14.4 Å². The number of anilines is 1. The summed E-state index contributed by atoms with van der Waals surface area (Å²) in [6, 6.07) is 14.6. The number of aromatic nitrogens is 1. The number of Topliss-reactive ketones (excluding diaryl/α,β-unsaturated/α-hetero) is 1. The molecule has 0 atom stereocenters. The predicted molar refractivity (Wildman–Crippen MR) is 125 cm³/mol. The normalized spacial score (nSPS) is 16.6. The average molecular weight is 447 g/mol. The lowest BCUT2D eigenvalue weighted by molar-refractivity contribution is 0.0910. The summed E-state index contributed by atoms with van der Waals surface area (Å²) in [6.45, 7) is 4.51. The molecule has 0 unspecified atom stereocenters. The third-order valence-electron chi connectivity index (χ3n) is 6.36. The minimum atomic E-state index is -0.411.